The number of amides is 1. The van der Waals surface area contributed by atoms with E-state index in [1.165, 1.54) is 12.8 Å². The third-order valence-corrected chi connectivity index (χ3v) is 3.31. The topological polar surface area (TPSA) is 64.3 Å². The van der Waals surface area contributed by atoms with Gasteiger partial charge in [0, 0.05) is 0 Å². The summed E-state index contributed by atoms with van der Waals surface area (Å²) in [5, 5.41) is 0. The smallest absolute Gasteiger partial charge is 0.262 e. The highest BCUT2D eigenvalue weighted by Gasteiger charge is 2.25. The largest absolute Gasteiger partial charge is 0.365 e. The Hall–Kier alpha value is -0.610. The van der Waals surface area contributed by atoms with E-state index in [-0.39, 0.29) is 18.1 Å². The van der Waals surface area contributed by atoms with Crippen LogP contribution in [-0.2, 0) is 9.53 Å². The first-order valence-electron chi connectivity index (χ1n) is 6.33. The maximum atomic E-state index is 11.5. The van der Waals surface area contributed by atoms with Crippen molar-refractivity contribution in [3.8, 4) is 0 Å². The summed E-state index contributed by atoms with van der Waals surface area (Å²) in [5.41, 5.74) is 2.18. The normalized spacial score (nSPS) is 27.4. The molecule has 3 N–H and O–H groups in total. The molecule has 1 saturated carbocycles. The Bertz CT molecular complexity index is 213. The number of nitrogens with one attached hydrogen (secondary N) is 1. The number of carbonyl (C=O) groups is 1. The summed E-state index contributed by atoms with van der Waals surface area (Å²) in [6, 6.07) is 0. The number of hydrogen-bond donors (Lipinski definition) is 2. The monoisotopic (exact) mass is 228 g/mol. The first kappa shape index (κ1) is 13.5. The van der Waals surface area contributed by atoms with Gasteiger partial charge in [-0.25, -0.2) is 5.84 Å². The Morgan fingerprint density at radius 2 is 2.06 bits per heavy atom. The lowest BCUT2D eigenvalue weighted by molar-refractivity contribution is -0.139. The molecular formula is C12H24N2O2. The molecule has 0 radical (unpaired) electrons. The van der Waals surface area contributed by atoms with Crippen LogP contribution in [0, 0.1) is 5.92 Å². The van der Waals surface area contributed by atoms with E-state index >= 15 is 0 Å². The fourth-order valence-electron chi connectivity index (χ4n) is 2.21. The second-order valence-corrected chi connectivity index (χ2v) is 4.80. The van der Waals surface area contributed by atoms with Gasteiger partial charge in [0.15, 0.2) is 0 Å². The minimum Gasteiger partial charge on any atom is -0.365 e. The van der Waals surface area contributed by atoms with Gasteiger partial charge in [0.1, 0.15) is 6.10 Å². The second-order valence-electron chi connectivity index (χ2n) is 4.80. The third-order valence-electron chi connectivity index (χ3n) is 3.31. The van der Waals surface area contributed by atoms with Crippen LogP contribution >= 0.6 is 0 Å². The number of hydrazine groups is 1. The maximum absolute atomic E-state index is 11.5. The van der Waals surface area contributed by atoms with Gasteiger partial charge in [-0.2, -0.15) is 0 Å². The number of rotatable bonds is 5. The van der Waals surface area contributed by atoms with Gasteiger partial charge in [0.25, 0.3) is 5.91 Å². The van der Waals surface area contributed by atoms with E-state index in [1.807, 2.05) is 6.92 Å². The summed E-state index contributed by atoms with van der Waals surface area (Å²) < 4.78 is 5.84. The van der Waals surface area contributed by atoms with Gasteiger partial charge in [-0.05, 0) is 38.0 Å². The van der Waals surface area contributed by atoms with E-state index < -0.39 is 0 Å². The van der Waals surface area contributed by atoms with Crippen molar-refractivity contribution in [1.29, 1.82) is 0 Å². The molecule has 0 bridgehead atoms. The second kappa shape index (κ2) is 6.86. The van der Waals surface area contributed by atoms with Gasteiger partial charge in [-0.1, -0.05) is 20.3 Å². The van der Waals surface area contributed by atoms with Crippen LogP contribution in [0.1, 0.15) is 52.4 Å². The summed E-state index contributed by atoms with van der Waals surface area (Å²) in [6.07, 6.45) is 6.09. The lowest BCUT2D eigenvalue weighted by Gasteiger charge is -2.29. The van der Waals surface area contributed by atoms with Gasteiger partial charge in [-0.15, -0.1) is 0 Å². The van der Waals surface area contributed by atoms with Crippen molar-refractivity contribution < 1.29 is 9.53 Å². The molecule has 0 aliphatic heterocycles. The summed E-state index contributed by atoms with van der Waals surface area (Å²) in [4.78, 5) is 11.5. The zero-order valence-electron chi connectivity index (χ0n) is 10.4. The molecule has 1 amide bonds. The fourth-order valence-corrected chi connectivity index (χ4v) is 2.21. The van der Waals surface area contributed by atoms with E-state index in [0.717, 1.165) is 31.6 Å². The highest BCUT2D eigenvalue weighted by Crippen LogP contribution is 2.26. The van der Waals surface area contributed by atoms with Crippen molar-refractivity contribution in [2.45, 2.75) is 64.6 Å². The van der Waals surface area contributed by atoms with Crippen molar-refractivity contribution in [1.82, 2.24) is 5.43 Å². The average Bonchev–Trinajstić information content (AvgIpc) is 2.30. The molecule has 0 aromatic carbocycles. The van der Waals surface area contributed by atoms with E-state index in [4.69, 9.17) is 10.6 Å². The lowest BCUT2D eigenvalue weighted by Crippen LogP contribution is -2.42. The highest BCUT2D eigenvalue weighted by molar-refractivity contribution is 5.80. The number of ether oxygens (including phenoxy) is 1. The minimum absolute atomic E-state index is 0.194. The molecule has 1 fully saturated rings. The molecule has 0 aromatic heterocycles. The standard InChI is InChI=1S/C12H24N2O2/c1-3-4-11(12(15)14-13)16-10-7-5-9(2)6-8-10/h9-11H,3-8,13H2,1-2H3,(H,14,15). The molecule has 1 rings (SSSR count). The molecule has 1 atom stereocenters. The van der Waals surface area contributed by atoms with E-state index in [1.54, 1.807) is 0 Å². The molecule has 4 heteroatoms. The Labute approximate surface area is 97.9 Å². The Kier molecular flexibility index (Phi) is 5.77. The molecule has 1 aliphatic carbocycles. The predicted octanol–water partition coefficient (Wildman–Crippen LogP) is 1.74. The molecule has 1 unspecified atom stereocenters. The quantitative estimate of drug-likeness (QED) is 0.428. The molecular weight excluding hydrogens is 204 g/mol. The Morgan fingerprint density at radius 3 is 2.56 bits per heavy atom. The van der Waals surface area contributed by atoms with Crippen LogP contribution in [0.15, 0.2) is 0 Å². The van der Waals surface area contributed by atoms with E-state index in [0.29, 0.717) is 0 Å². The maximum Gasteiger partial charge on any atom is 0.262 e. The zero-order valence-corrected chi connectivity index (χ0v) is 10.4. The Balaban J connectivity index is 2.39. The van der Waals surface area contributed by atoms with Crippen molar-refractivity contribution >= 4 is 5.91 Å². The molecule has 94 valence electrons. The zero-order chi connectivity index (χ0) is 12.0. The van der Waals surface area contributed by atoms with Crippen LogP contribution in [0.25, 0.3) is 0 Å². The molecule has 0 spiro atoms. The molecule has 0 aromatic rings. The summed E-state index contributed by atoms with van der Waals surface area (Å²) in [5.74, 6) is 5.76. The SMILES string of the molecule is CCCC(OC1CCC(C)CC1)C(=O)NN. The molecule has 0 saturated heterocycles. The van der Waals surface area contributed by atoms with Crippen molar-refractivity contribution in [2.75, 3.05) is 0 Å². The van der Waals surface area contributed by atoms with Crippen LogP contribution in [-0.4, -0.2) is 18.1 Å². The van der Waals surface area contributed by atoms with Gasteiger partial charge in [-0.3, -0.25) is 10.2 Å². The van der Waals surface area contributed by atoms with E-state index in [9.17, 15) is 4.79 Å². The summed E-state index contributed by atoms with van der Waals surface area (Å²) >= 11 is 0. The van der Waals surface area contributed by atoms with E-state index in [2.05, 4.69) is 12.3 Å². The Morgan fingerprint density at radius 1 is 1.44 bits per heavy atom. The number of hydrogen-bond acceptors (Lipinski definition) is 3. The van der Waals surface area contributed by atoms with Crippen LogP contribution in [0.2, 0.25) is 0 Å². The van der Waals surface area contributed by atoms with Crippen LogP contribution in [0.4, 0.5) is 0 Å². The van der Waals surface area contributed by atoms with Gasteiger partial charge >= 0.3 is 0 Å². The highest BCUT2D eigenvalue weighted by atomic mass is 16.5. The number of nitrogens with two attached hydrogens (primary N) is 1. The van der Waals surface area contributed by atoms with Crippen molar-refractivity contribution in [3.63, 3.8) is 0 Å². The van der Waals surface area contributed by atoms with Crippen molar-refractivity contribution in [3.05, 3.63) is 0 Å². The molecule has 1 aliphatic rings. The van der Waals surface area contributed by atoms with Crippen LogP contribution in [0.3, 0.4) is 0 Å². The lowest BCUT2D eigenvalue weighted by atomic mass is 9.89. The molecule has 4 nitrogen and oxygen atoms in total. The van der Waals surface area contributed by atoms with Gasteiger partial charge in [0.05, 0.1) is 6.10 Å². The van der Waals surface area contributed by atoms with Gasteiger partial charge in [0.2, 0.25) is 0 Å². The fraction of sp³-hybridized carbons (Fsp3) is 0.917. The number of carbonyl (C=O) groups excluding carboxylic acids is 1. The first-order chi connectivity index (χ1) is 7.67. The van der Waals surface area contributed by atoms with Gasteiger partial charge < -0.3 is 4.74 Å². The molecule has 16 heavy (non-hydrogen) atoms. The molecule has 0 heterocycles. The minimum atomic E-state index is -0.367. The van der Waals surface area contributed by atoms with Crippen LogP contribution in [0.5, 0.6) is 0 Å². The average molecular weight is 228 g/mol. The summed E-state index contributed by atoms with van der Waals surface area (Å²) in [6.45, 7) is 4.31. The summed E-state index contributed by atoms with van der Waals surface area (Å²) in [7, 11) is 0. The van der Waals surface area contributed by atoms with Crippen LogP contribution < -0.4 is 11.3 Å². The van der Waals surface area contributed by atoms with Crippen molar-refractivity contribution in [2.24, 2.45) is 11.8 Å². The third kappa shape index (κ3) is 4.10. The predicted molar refractivity (Wildman–Crippen MR) is 63.5 cm³/mol. The first-order valence-corrected chi connectivity index (χ1v) is 6.33.